The van der Waals surface area contributed by atoms with Crippen molar-refractivity contribution in [3.8, 4) is 12.1 Å². The second-order valence-corrected chi connectivity index (χ2v) is 9.23. The van der Waals surface area contributed by atoms with Crippen LogP contribution in [0.1, 0.15) is 70.7 Å². The average molecular weight is 470 g/mol. The highest BCUT2D eigenvalue weighted by Gasteiger charge is 2.28. The first-order chi connectivity index (χ1) is 16.5. The lowest BCUT2D eigenvalue weighted by atomic mass is 9.80. The van der Waals surface area contributed by atoms with Gasteiger partial charge in [-0.15, -0.1) is 0 Å². The Morgan fingerprint density at radius 2 is 1.71 bits per heavy atom. The molecule has 1 aliphatic carbocycles. The maximum absolute atomic E-state index is 14.2. The average Bonchev–Trinajstić information content (AvgIpc) is 3.16. The third-order valence-electron chi connectivity index (χ3n) is 6.69. The third-order valence-corrected chi connectivity index (χ3v) is 6.98. The zero-order valence-corrected chi connectivity index (χ0v) is 19.3. The number of benzene rings is 2. The smallest absolute Gasteiger partial charge is 0.145 e. The lowest BCUT2D eigenvalue weighted by molar-refractivity contribution is 0.489. The zero-order chi connectivity index (χ0) is 23.8. The van der Waals surface area contributed by atoms with Crippen molar-refractivity contribution in [3.05, 3.63) is 92.9 Å². The number of fused-ring (bicyclic) bond motifs is 3. The Balaban J connectivity index is 1.63. The van der Waals surface area contributed by atoms with Crippen molar-refractivity contribution in [1.82, 2.24) is 15.0 Å². The van der Waals surface area contributed by atoms with Crippen LogP contribution in [-0.2, 0) is 6.42 Å². The second-order valence-electron chi connectivity index (χ2n) is 8.83. The number of aryl methyl sites for hydroxylation is 2. The third kappa shape index (κ3) is 4.02. The van der Waals surface area contributed by atoms with Crippen LogP contribution >= 0.6 is 11.6 Å². The van der Waals surface area contributed by atoms with Crippen molar-refractivity contribution in [2.75, 3.05) is 0 Å². The lowest BCUT2D eigenvalue weighted by Crippen LogP contribution is -2.15. The van der Waals surface area contributed by atoms with Crippen molar-refractivity contribution in [1.29, 1.82) is 10.5 Å². The van der Waals surface area contributed by atoms with E-state index in [9.17, 15) is 14.9 Å². The molecule has 5 nitrogen and oxygen atoms in total. The Bertz CT molecular complexity index is 1440. The molecular weight excluding hydrogens is 449 g/mol. The maximum Gasteiger partial charge on any atom is 0.145 e. The van der Waals surface area contributed by atoms with Gasteiger partial charge < -0.3 is 4.98 Å². The van der Waals surface area contributed by atoms with Crippen LogP contribution in [0.15, 0.2) is 42.5 Å². The van der Waals surface area contributed by atoms with Gasteiger partial charge in [0.2, 0.25) is 0 Å². The highest BCUT2D eigenvalue weighted by molar-refractivity contribution is 6.31. The van der Waals surface area contributed by atoms with Crippen LogP contribution in [-0.4, -0.2) is 15.0 Å². The van der Waals surface area contributed by atoms with E-state index < -0.39 is 5.82 Å². The first-order valence-electron chi connectivity index (χ1n) is 11.2. The molecule has 2 heterocycles. The van der Waals surface area contributed by atoms with E-state index in [1.165, 1.54) is 23.3 Å². The van der Waals surface area contributed by atoms with Crippen molar-refractivity contribution in [2.24, 2.45) is 0 Å². The summed E-state index contributed by atoms with van der Waals surface area (Å²) in [4.78, 5) is 12.4. The highest BCUT2D eigenvalue weighted by atomic mass is 35.5. The molecule has 0 amide bonds. The first kappa shape index (κ1) is 22.1. The summed E-state index contributed by atoms with van der Waals surface area (Å²) in [7, 11) is 0. The molecule has 4 aromatic rings. The molecule has 5 rings (SSSR count). The van der Waals surface area contributed by atoms with Gasteiger partial charge in [0, 0.05) is 34.5 Å². The van der Waals surface area contributed by atoms with Gasteiger partial charge in [-0.25, -0.2) is 14.4 Å². The Morgan fingerprint density at radius 1 is 1.00 bits per heavy atom. The fraction of sp³-hybridized carbons (Fsp3) is 0.259. The molecule has 0 saturated carbocycles. The maximum atomic E-state index is 14.2. The SMILES string of the molecule is Cc1ccc(C2CCC(c3nc(C#N)cc(C#N)n3)CCc3c2[nH]c2cc(F)c(Cl)cc32)cc1. The second kappa shape index (κ2) is 8.89. The van der Waals surface area contributed by atoms with E-state index in [2.05, 4.69) is 46.1 Å². The van der Waals surface area contributed by atoms with E-state index in [0.717, 1.165) is 41.4 Å². The molecule has 0 spiro atoms. The summed E-state index contributed by atoms with van der Waals surface area (Å²) in [6, 6.07) is 17.1. The van der Waals surface area contributed by atoms with Gasteiger partial charge in [-0.1, -0.05) is 41.4 Å². The topological polar surface area (TPSA) is 89.2 Å². The number of nitriles is 2. The van der Waals surface area contributed by atoms with E-state index in [1.807, 2.05) is 12.1 Å². The van der Waals surface area contributed by atoms with Crippen LogP contribution in [0.3, 0.4) is 0 Å². The first-order valence-corrected chi connectivity index (χ1v) is 11.6. The van der Waals surface area contributed by atoms with Gasteiger partial charge >= 0.3 is 0 Å². The van der Waals surface area contributed by atoms with E-state index in [4.69, 9.17) is 11.6 Å². The summed E-state index contributed by atoms with van der Waals surface area (Å²) in [5, 5.41) is 19.8. The summed E-state index contributed by atoms with van der Waals surface area (Å²) in [6.07, 6.45) is 3.07. The fourth-order valence-electron chi connectivity index (χ4n) is 4.96. The van der Waals surface area contributed by atoms with E-state index in [0.29, 0.717) is 12.2 Å². The minimum absolute atomic E-state index is 0.0117. The number of nitrogens with one attached hydrogen (secondary N) is 1. The summed E-state index contributed by atoms with van der Waals surface area (Å²) >= 11 is 6.15. The number of hydrogen-bond donors (Lipinski definition) is 1. The van der Waals surface area contributed by atoms with Crippen LogP contribution in [0, 0.1) is 35.4 Å². The predicted molar refractivity (Wildman–Crippen MR) is 128 cm³/mol. The highest BCUT2D eigenvalue weighted by Crippen LogP contribution is 2.42. The number of aromatic amines is 1. The molecule has 168 valence electrons. The summed E-state index contributed by atoms with van der Waals surface area (Å²) in [6.45, 7) is 2.06. The van der Waals surface area contributed by atoms with Gasteiger partial charge in [0.1, 0.15) is 35.2 Å². The monoisotopic (exact) mass is 469 g/mol. The largest absolute Gasteiger partial charge is 0.358 e. The summed E-state index contributed by atoms with van der Waals surface area (Å²) in [5.41, 5.74) is 5.70. The normalized spacial score (nSPS) is 17.9. The molecule has 7 heteroatoms. The molecule has 0 radical (unpaired) electrons. The van der Waals surface area contributed by atoms with Gasteiger partial charge in [0.25, 0.3) is 0 Å². The molecule has 0 saturated heterocycles. The molecule has 34 heavy (non-hydrogen) atoms. The van der Waals surface area contributed by atoms with Crippen LogP contribution in [0.4, 0.5) is 4.39 Å². The zero-order valence-electron chi connectivity index (χ0n) is 18.6. The van der Waals surface area contributed by atoms with Crippen molar-refractivity contribution < 1.29 is 4.39 Å². The molecule has 0 fully saturated rings. The number of nitrogens with zero attached hydrogens (tertiary/aromatic N) is 4. The molecule has 2 unspecified atom stereocenters. The Labute approximate surface area is 201 Å². The number of aromatic nitrogens is 3. The molecule has 1 N–H and O–H groups in total. The Kier molecular flexibility index (Phi) is 5.77. The minimum atomic E-state index is -0.445. The van der Waals surface area contributed by atoms with E-state index in [-0.39, 0.29) is 28.2 Å². The molecule has 2 atom stereocenters. The van der Waals surface area contributed by atoms with Crippen LogP contribution in [0.25, 0.3) is 10.9 Å². The minimum Gasteiger partial charge on any atom is -0.358 e. The van der Waals surface area contributed by atoms with Crippen molar-refractivity contribution in [3.63, 3.8) is 0 Å². The lowest BCUT2D eigenvalue weighted by Gasteiger charge is -2.25. The van der Waals surface area contributed by atoms with Crippen molar-refractivity contribution >= 4 is 22.5 Å². The summed E-state index contributed by atoms with van der Waals surface area (Å²) in [5.74, 6) is 0.147. The van der Waals surface area contributed by atoms with Gasteiger partial charge in [-0.2, -0.15) is 10.5 Å². The quantitative estimate of drug-likeness (QED) is 0.365. The number of hydrogen-bond acceptors (Lipinski definition) is 4. The molecule has 2 aromatic carbocycles. The van der Waals surface area contributed by atoms with Gasteiger partial charge in [-0.05, 0) is 55.9 Å². The number of rotatable bonds is 2. The van der Waals surface area contributed by atoms with Gasteiger partial charge in [0.05, 0.1) is 5.02 Å². The van der Waals surface area contributed by atoms with Crippen LogP contribution in [0.5, 0.6) is 0 Å². The van der Waals surface area contributed by atoms with E-state index in [1.54, 1.807) is 6.07 Å². The van der Waals surface area contributed by atoms with Gasteiger partial charge in [-0.3, -0.25) is 0 Å². The van der Waals surface area contributed by atoms with Gasteiger partial charge in [0.15, 0.2) is 0 Å². The summed E-state index contributed by atoms with van der Waals surface area (Å²) < 4.78 is 14.2. The molecular formula is C27H21ClFN5. The van der Waals surface area contributed by atoms with Crippen molar-refractivity contribution in [2.45, 2.75) is 44.4 Å². The van der Waals surface area contributed by atoms with E-state index >= 15 is 0 Å². The Hall–Kier alpha value is -3.74. The fourth-order valence-corrected chi connectivity index (χ4v) is 5.12. The molecule has 0 aliphatic heterocycles. The Morgan fingerprint density at radius 3 is 2.38 bits per heavy atom. The molecule has 1 aliphatic rings. The number of halogens is 2. The van der Waals surface area contributed by atoms with Crippen LogP contribution < -0.4 is 0 Å². The van der Waals surface area contributed by atoms with Crippen LogP contribution in [0.2, 0.25) is 5.02 Å². The number of H-pyrrole nitrogens is 1. The standard InChI is InChI=1S/C27H21ClFN5/c1-15-2-4-16(5-3-15)20-8-6-17(27-32-18(13-30)10-19(14-31)33-27)7-9-21-22-11-23(28)24(29)12-25(22)34-26(20)21/h2-5,10-12,17,20,34H,6-9H2,1H3. The molecule has 2 aromatic heterocycles. The molecule has 0 bridgehead atoms. The predicted octanol–water partition coefficient (Wildman–Crippen LogP) is 6.44.